The van der Waals surface area contributed by atoms with Crippen molar-refractivity contribution < 1.29 is 19.4 Å². The summed E-state index contributed by atoms with van der Waals surface area (Å²) in [5.41, 5.74) is 3.47. The number of rotatable bonds is 6. The average Bonchev–Trinajstić information content (AvgIpc) is 3.32. The van der Waals surface area contributed by atoms with Gasteiger partial charge in [0.15, 0.2) is 6.61 Å². The predicted octanol–water partition coefficient (Wildman–Crippen LogP) is 3.53. The minimum Gasteiger partial charge on any atom is -0.482 e. The van der Waals surface area contributed by atoms with Crippen LogP contribution in [0.1, 0.15) is 41.4 Å². The lowest BCUT2D eigenvalue weighted by Crippen LogP contribution is -2.40. The van der Waals surface area contributed by atoms with Crippen molar-refractivity contribution in [2.45, 2.75) is 31.7 Å². The van der Waals surface area contributed by atoms with Crippen LogP contribution >= 0.6 is 22.9 Å². The first-order valence-corrected chi connectivity index (χ1v) is 10.1. The molecule has 1 unspecified atom stereocenters. The molecule has 2 heterocycles. The first-order valence-electron chi connectivity index (χ1n) is 8.88. The summed E-state index contributed by atoms with van der Waals surface area (Å²) in [6.07, 6.45) is 3.49. The first kappa shape index (κ1) is 18.3. The fraction of sp³-hybridized carbons (Fsp3) is 0.421. The molecule has 142 valence electrons. The van der Waals surface area contributed by atoms with E-state index in [2.05, 4.69) is 4.98 Å². The third-order valence-corrected chi connectivity index (χ3v) is 6.08. The maximum Gasteiger partial charge on any atom is 0.341 e. The van der Waals surface area contributed by atoms with Crippen molar-refractivity contribution in [3.8, 4) is 5.75 Å². The van der Waals surface area contributed by atoms with Gasteiger partial charge in [-0.15, -0.1) is 11.3 Å². The maximum atomic E-state index is 13.0. The molecule has 1 amide bonds. The minimum atomic E-state index is -1.06. The molecule has 1 fully saturated rings. The van der Waals surface area contributed by atoms with Gasteiger partial charge in [0.1, 0.15) is 5.75 Å². The second kappa shape index (κ2) is 7.48. The van der Waals surface area contributed by atoms with E-state index in [0.717, 1.165) is 29.8 Å². The van der Waals surface area contributed by atoms with Crippen LogP contribution in [-0.4, -0.2) is 40.0 Å². The molecule has 1 aliphatic heterocycles. The lowest BCUT2D eigenvalue weighted by molar-refractivity contribution is -0.139. The first-order chi connectivity index (χ1) is 13.0. The van der Waals surface area contributed by atoms with Crippen LogP contribution in [0.3, 0.4) is 0 Å². The van der Waals surface area contributed by atoms with Gasteiger partial charge in [0, 0.05) is 30.0 Å². The number of carbonyl (C=O) groups excluding carboxylic acids is 1. The molecule has 4 rings (SSSR count). The number of nitrogens with zero attached hydrogens (tertiary/aromatic N) is 2. The van der Waals surface area contributed by atoms with Crippen LogP contribution in [0.25, 0.3) is 0 Å². The zero-order chi connectivity index (χ0) is 19.0. The van der Waals surface area contributed by atoms with Crippen LogP contribution in [0.4, 0.5) is 0 Å². The molecule has 0 saturated heterocycles. The van der Waals surface area contributed by atoms with Gasteiger partial charge in [-0.25, -0.2) is 9.78 Å². The quantitative estimate of drug-likeness (QED) is 0.793. The zero-order valence-electron chi connectivity index (χ0n) is 14.6. The van der Waals surface area contributed by atoms with E-state index in [9.17, 15) is 9.59 Å². The third kappa shape index (κ3) is 3.94. The van der Waals surface area contributed by atoms with Gasteiger partial charge in [0.05, 0.1) is 22.1 Å². The number of ether oxygens (including phenoxy) is 1. The summed E-state index contributed by atoms with van der Waals surface area (Å²) in [5, 5.41) is 9.49. The SMILES string of the molecule is O=C(O)COc1ccc(Cl)cc1C1c2scnc2CCN1C(=O)CC1CC1. The normalized spacial score (nSPS) is 18.9. The fourth-order valence-corrected chi connectivity index (χ4v) is 4.60. The summed E-state index contributed by atoms with van der Waals surface area (Å²) in [7, 11) is 0. The van der Waals surface area contributed by atoms with Gasteiger partial charge in [-0.05, 0) is 37.0 Å². The predicted molar refractivity (Wildman–Crippen MR) is 101 cm³/mol. The Morgan fingerprint density at radius 2 is 2.19 bits per heavy atom. The van der Waals surface area contributed by atoms with Crippen molar-refractivity contribution in [3.63, 3.8) is 0 Å². The Kier molecular flexibility index (Phi) is 5.06. The zero-order valence-corrected chi connectivity index (χ0v) is 16.1. The molecule has 1 atom stereocenters. The molecule has 0 radical (unpaired) electrons. The monoisotopic (exact) mass is 406 g/mol. The highest BCUT2D eigenvalue weighted by atomic mass is 35.5. The smallest absolute Gasteiger partial charge is 0.341 e. The van der Waals surface area contributed by atoms with Gasteiger partial charge in [0.25, 0.3) is 0 Å². The fourth-order valence-electron chi connectivity index (χ4n) is 3.45. The summed E-state index contributed by atoms with van der Waals surface area (Å²) in [4.78, 5) is 31.2. The van der Waals surface area contributed by atoms with Gasteiger partial charge in [-0.3, -0.25) is 4.79 Å². The number of carboxylic acid groups (broad SMARTS) is 1. The van der Waals surface area contributed by atoms with Crippen molar-refractivity contribution in [3.05, 3.63) is 44.9 Å². The Labute approximate surface area is 165 Å². The number of thiazole rings is 1. The molecule has 1 aromatic carbocycles. The van der Waals surface area contributed by atoms with Crippen LogP contribution < -0.4 is 4.74 Å². The van der Waals surface area contributed by atoms with Gasteiger partial charge in [-0.1, -0.05) is 11.6 Å². The molecule has 0 bridgehead atoms. The Balaban J connectivity index is 1.74. The summed E-state index contributed by atoms with van der Waals surface area (Å²) in [5.74, 6) is -0.0224. The van der Waals surface area contributed by atoms with E-state index < -0.39 is 12.6 Å². The van der Waals surface area contributed by atoms with E-state index in [0.29, 0.717) is 35.2 Å². The van der Waals surface area contributed by atoms with Crippen LogP contribution in [0.15, 0.2) is 23.7 Å². The minimum absolute atomic E-state index is 0.116. The molecule has 8 heteroatoms. The molecule has 1 saturated carbocycles. The Bertz CT molecular complexity index is 880. The number of aliphatic carboxylic acids is 1. The van der Waals surface area contributed by atoms with Crippen molar-refractivity contribution in [2.75, 3.05) is 13.2 Å². The van der Waals surface area contributed by atoms with Crippen molar-refractivity contribution in [1.29, 1.82) is 0 Å². The summed E-state index contributed by atoms with van der Waals surface area (Å²) in [6, 6.07) is 4.74. The molecule has 1 aromatic heterocycles. The molecule has 0 spiro atoms. The van der Waals surface area contributed by atoms with E-state index in [1.807, 2.05) is 4.90 Å². The average molecular weight is 407 g/mol. The number of amides is 1. The summed E-state index contributed by atoms with van der Waals surface area (Å²) in [6.45, 7) is 0.130. The lowest BCUT2D eigenvalue weighted by Gasteiger charge is -2.36. The molecular formula is C19H19ClN2O4S. The van der Waals surface area contributed by atoms with Crippen LogP contribution in [0, 0.1) is 5.92 Å². The Morgan fingerprint density at radius 3 is 2.93 bits per heavy atom. The number of carboxylic acids is 1. The van der Waals surface area contributed by atoms with Crippen LogP contribution in [0.5, 0.6) is 5.75 Å². The topological polar surface area (TPSA) is 79.7 Å². The highest BCUT2D eigenvalue weighted by Gasteiger charge is 2.37. The highest BCUT2D eigenvalue weighted by molar-refractivity contribution is 7.09. The van der Waals surface area contributed by atoms with E-state index in [4.69, 9.17) is 21.4 Å². The molecule has 1 N–H and O–H groups in total. The van der Waals surface area contributed by atoms with Gasteiger partial charge in [-0.2, -0.15) is 0 Å². The molecule has 6 nitrogen and oxygen atoms in total. The van der Waals surface area contributed by atoms with Gasteiger partial charge in [0.2, 0.25) is 5.91 Å². The standard InChI is InChI=1S/C19H19ClN2O4S/c20-12-3-4-15(26-9-17(24)25)13(8-12)18-19-14(21-10-27-19)5-6-22(18)16(23)7-11-1-2-11/h3-4,8,10-11,18H,1-2,5-7,9H2,(H,24,25). The Hall–Kier alpha value is -2.12. The molecule has 2 aliphatic rings. The number of aromatic nitrogens is 1. The number of hydrogen-bond donors (Lipinski definition) is 1. The molecule has 2 aromatic rings. The van der Waals surface area contributed by atoms with Crippen molar-refractivity contribution in [2.24, 2.45) is 5.92 Å². The number of benzene rings is 1. The van der Waals surface area contributed by atoms with E-state index in [1.54, 1.807) is 23.7 Å². The van der Waals surface area contributed by atoms with Crippen LogP contribution in [0.2, 0.25) is 5.02 Å². The van der Waals surface area contributed by atoms with E-state index in [-0.39, 0.29) is 11.9 Å². The number of hydrogen-bond acceptors (Lipinski definition) is 5. The second-order valence-electron chi connectivity index (χ2n) is 6.92. The number of fused-ring (bicyclic) bond motifs is 1. The van der Waals surface area contributed by atoms with Crippen molar-refractivity contribution >= 4 is 34.8 Å². The van der Waals surface area contributed by atoms with Crippen LogP contribution in [-0.2, 0) is 16.0 Å². The Morgan fingerprint density at radius 1 is 1.37 bits per heavy atom. The van der Waals surface area contributed by atoms with E-state index >= 15 is 0 Å². The van der Waals surface area contributed by atoms with Gasteiger partial charge < -0.3 is 14.7 Å². The van der Waals surface area contributed by atoms with Crippen molar-refractivity contribution in [1.82, 2.24) is 9.88 Å². The highest BCUT2D eigenvalue weighted by Crippen LogP contribution is 2.43. The summed E-state index contributed by atoms with van der Waals surface area (Å²) < 4.78 is 5.51. The second-order valence-corrected chi connectivity index (χ2v) is 8.24. The number of carbonyl (C=O) groups is 2. The summed E-state index contributed by atoms with van der Waals surface area (Å²) >= 11 is 7.74. The third-order valence-electron chi connectivity index (χ3n) is 4.92. The largest absolute Gasteiger partial charge is 0.482 e. The van der Waals surface area contributed by atoms with Gasteiger partial charge >= 0.3 is 5.97 Å². The number of halogens is 1. The lowest BCUT2D eigenvalue weighted by atomic mass is 9.96. The molecule has 1 aliphatic carbocycles. The maximum absolute atomic E-state index is 13.0. The molecular weight excluding hydrogens is 388 g/mol. The van der Waals surface area contributed by atoms with E-state index in [1.165, 1.54) is 11.3 Å². The molecule has 27 heavy (non-hydrogen) atoms.